The van der Waals surface area contributed by atoms with Gasteiger partial charge in [0.1, 0.15) is 60.4 Å². The van der Waals surface area contributed by atoms with Crippen molar-refractivity contribution in [1.82, 2.24) is 94.0 Å². The Bertz CT molecular complexity index is 3770. The second kappa shape index (κ2) is 44.3. The van der Waals surface area contributed by atoms with Crippen LogP contribution in [0.15, 0.2) is 55.5 Å². The monoisotopic (exact) mass is 1550 g/mol. The quantitative estimate of drug-likeness (QED) is 0.00848. The van der Waals surface area contributed by atoms with Gasteiger partial charge in [0.05, 0.1) is 49.2 Å². The molecule has 26 N–H and O–H groups in total. The zero-order chi connectivity index (χ0) is 80.6. The number of aliphatic hydroxyl groups excluding tert-OH is 1. The van der Waals surface area contributed by atoms with Gasteiger partial charge in [0.15, 0.2) is 12.0 Å². The second-order valence-corrected chi connectivity index (χ2v) is 27.0. The number of aliphatic carboxylic acids is 2. The van der Waals surface area contributed by atoms with Crippen molar-refractivity contribution < 1.29 is 87.2 Å². The highest BCUT2D eigenvalue weighted by atomic mass is 32.1. The second-order valence-electron chi connectivity index (χ2n) is 26.2. The number of rotatable bonds is 47. The molecule has 0 saturated carbocycles. The summed E-state index contributed by atoms with van der Waals surface area (Å²) in [6, 6.07) is -11.7. The summed E-state index contributed by atoms with van der Waals surface area (Å²) >= 11 is 8.34. The number of aromatic nitrogens is 5. The number of primary amides is 1. The number of carboxylic acid groups (broad SMARTS) is 2. The van der Waals surface area contributed by atoms with Gasteiger partial charge < -0.3 is 117 Å². The van der Waals surface area contributed by atoms with E-state index in [0.717, 1.165) is 6.92 Å². The number of guanidine groups is 1. The van der Waals surface area contributed by atoms with Gasteiger partial charge in [-0.15, -0.1) is 0 Å². The van der Waals surface area contributed by atoms with Gasteiger partial charge in [-0.25, -0.2) is 14.8 Å². The topological polar surface area (TPSA) is 648 Å². The summed E-state index contributed by atoms with van der Waals surface area (Å²) in [5, 5.41) is 69.8. The van der Waals surface area contributed by atoms with Crippen LogP contribution in [0.3, 0.4) is 0 Å². The molecule has 13 amide bonds. The molecule has 0 aliphatic heterocycles. The molecular weight excluding hydrogens is 1450 g/mol. The van der Waals surface area contributed by atoms with Crippen molar-refractivity contribution >= 4 is 131 Å². The molecule has 1 aromatic carbocycles. The van der Waals surface area contributed by atoms with E-state index in [1.54, 1.807) is 45.0 Å². The van der Waals surface area contributed by atoms with Crippen LogP contribution in [0.1, 0.15) is 104 Å². The Labute approximate surface area is 631 Å². The van der Waals surface area contributed by atoms with Crippen LogP contribution in [-0.2, 0) is 91.2 Å². The number of nitrogens with one attached hydrogen (secondary N) is 17. The fraction of sp³-hybridized carbons (Fsp3) is 0.545. The molecule has 0 aliphatic carbocycles. The Morgan fingerprint density at radius 2 is 0.972 bits per heavy atom. The van der Waals surface area contributed by atoms with E-state index in [1.807, 2.05) is 6.92 Å². The molecule has 3 aromatic heterocycles. The SMILES string of the molecule is CC[C@H](C)[C@H](N)C(=O)N[C@@H](CS)C(=O)N[C@H](C(=O)N[C@H](C(=O)N[C@@H](CCC(N)=O)C(=O)N[C@@H](CC(=O)O)C(=O)N[C@@H](Cc1c[nH]c2ccccc12)C(=O)NCC(=O)N[C@@H](Cc1c[nH]cn1)C(=O)N[C@@H](Cc1c[nH]cn1)C(=O)N[C@@H](CCCNC(=N)N)C(=O)N[C@@H](CS)C(=O)N[C@H](C(=O)O)[C@@H](C)O)C(C)C)C(C)C. The molecule has 0 aliphatic rings. The van der Waals surface area contributed by atoms with Crippen LogP contribution in [0.2, 0.25) is 0 Å². The van der Waals surface area contributed by atoms with E-state index in [2.05, 4.69) is 119 Å². The van der Waals surface area contributed by atoms with Gasteiger partial charge in [0, 0.05) is 73.2 Å². The maximum absolute atomic E-state index is 14.6. The number of benzene rings is 1. The molecule has 14 atom stereocenters. The van der Waals surface area contributed by atoms with E-state index in [4.69, 9.17) is 22.6 Å². The lowest BCUT2D eigenvalue weighted by Crippen LogP contribution is -2.62. The highest BCUT2D eigenvalue weighted by Gasteiger charge is 2.39. The number of fused-ring (bicyclic) bond motifs is 1. The molecule has 4 rings (SSSR count). The van der Waals surface area contributed by atoms with Crippen LogP contribution in [0.5, 0.6) is 0 Å². The number of aliphatic hydroxyl groups is 1. The molecular formula is C66H100N22O18S2. The van der Waals surface area contributed by atoms with E-state index in [-0.39, 0.29) is 61.7 Å². The fourth-order valence-electron chi connectivity index (χ4n) is 10.6. The van der Waals surface area contributed by atoms with Crippen molar-refractivity contribution in [2.75, 3.05) is 24.6 Å². The third kappa shape index (κ3) is 29.1. The average Bonchev–Trinajstić information content (AvgIpc) is 1.57. The zero-order valence-electron chi connectivity index (χ0n) is 60.6. The molecule has 0 saturated heterocycles. The van der Waals surface area contributed by atoms with Crippen molar-refractivity contribution in [1.29, 1.82) is 5.41 Å². The Morgan fingerprint density at radius 1 is 0.528 bits per heavy atom. The molecule has 0 fully saturated rings. The molecule has 3 heterocycles. The summed E-state index contributed by atoms with van der Waals surface area (Å²) in [6.45, 7) is 10.1. The zero-order valence-corrected chi connectivity index (χ0v) is 62.4. The largest absolute Gasteiger partial charge is 0.481 e. The number of H-pyrrole nitrogens is 3. The molecule has 108 heavy (non-hydrogen) atoms. The summed E-state index contributed by atoms with van der Waals surface area (Å²) in [6.07, 6.45) is 2.43. The maximum Gasteiger partial charge on any atom is 0.328 e. The minimum Gasteiger partial charge on any atom is -0.481 e. The third-order valence-corrected chi connectivity index (χ3v) is 17.8. The van der Waals surface area contributed by atoms with Gasteiger partial charge in [0.25, 0.3) is 0 Å². The number of nitrogens with two attached hydrogens (primary N) is 3. The Kier molecular flexibility index (Phi) is 36.7. The smallest absolute Gasteiger partial charge is 0.328 e. The number of amides is 13. The average molecular weight is 1550 g/mol. The van der Waals surface area contributed by atoms with Crippen LogP contribution >= 0.6 is 25.3 Å². The standard InChI is InChI=1S/C66H100N22O18S2/c1-8-32(6)50(68)62(102)85-46(27-108)60(100)86-52(31(4)5)64(104)87-51(30(2)3)63(103)80-40(15-16-47(67)90)56(96)83-44(21-49(92)93)59(99)81-41(18-34-22-74-38-13-10-9-12-37(34)38)54(94)75-25-48(91)78-42(19-35-23-71-28-76-35)57(97)82-43(20-36-24-72-29-77-36)58(98)79-39(14-11-17-73-66(69)70)55(95)84-45(26-107)61(101)88-53(33(7)89)65(105)106/h9-10,12-13,22-24,28-33,39-46,50-53,74,89,107-108H,8,11,14-21,25-27,68H2,1-7H3,(H2,67,90)(H,71,76)(H,72,77)(H,75,94)(H,78,91)(H,79,98)(H,80,103)(H,81,99)(H,82,97)(H,83,96)(H,84,95)(H,85,102)(H,86,100)(H,87,104)(H,88,101)(H,92,93)(H,105,106)(H4,69,70,73)/t32-,33+,39-,40-,41-,42-,43-,44-,45-,46-,50-,51-,52-,53-/m0/s1. The van der Waals surface area contributed by atoms with Crippen molar-refractivity contribution in [2.45, 2.75) is 185 Å². The predicted octanol–water partition coefficient (Wildman–Crippen LogP) is -5.90. The molecule has 0 unspecified atom stereocenters. The van der Waals surface area contributed by atoms with Crippen LogP contribution in [0, 0.1) is 23.2 Å². The van der Waals surface area contributed by atoms with E-state index in [1.165, 1.54) is 45.1 Å². The minimum absolute atomic E-state index is 0.0145. The van der Waals surface area contributed by atoms with Crippen molar-refractivity contribution in [3.05, 3.63) is 72.5 Å². The summed E-state index contributed by atoms with van der Waals surface area (Å²) in [5.74, 6) is -18.7. The molecule has 4 aromatic rings. The summed E-state index contributed by atoms with van der Waals surface area (Å²) in [5.41, 5.74) is 18.4. The summed E-state index contributed by atoms with van der Waals surface area (Å²) in [4.78, 5) is 222. The first-order valence-corrected chi connectivity index (χ1v) is 35.8. The van der Waals surface area contributed by atoms with Gasteiger partial charge in [-0.1, -0.05) is 66.2 Å². The Morgan fingerprint density at radius 3 is 1.46 bits per heavy atom. The Balaban J connectivity index is 1.61. The lowest BCUT2D eigenvalue weighted by Gasteiger charge is -2.30. The van der Waals surface area contributed by atoms with Crippen molar-refractivity contribution in [2.24, 2.45) is 35.0 Å². The first-order valence-electron chi connectivity index (χ1n) is 34.6. The molecule has 0 spiro atoms. The minimum atomic E-state index is -2.04. The van der Waals surface area contributed by atoms with Gasteiger partial charge in [-0.2, -0.15) is 25.3 Å². The van der Waals surface area contributed by atoms with Gasteiger partial charge >= 0.3 is 11.9 Å². The highest BCUT2D eigenvalue weighted by Crippen LogP contribution is 2.20. The van der Waals surface area contributed by atoms with Gasteiger partial charge in [-0.3, -0.25) is 72.5 Å². The normalized spacial score (nSPS) is 15.1. The molecule has 40 nitrogen and oxygen atoms in total. The van der Waals surface area contributed by atoms with E-state index < -0.39 is 217 Å². The van der Waals surface area contributed by atoms with Gasteiger partial charge in [-0.05, 0) is 55.6 Å². The number of hydrogen-bond donors (Lipinski definition) is 25. The van der Waals surface area contributed by atoms with Crippen LogP contribution in [0.4, 0.5) is 0 Å². The summed E-state index contributed by atoms with van der Waals surface area (Å²) < 4.78 is 0. The predicted molar refractivity (Wildman–Crippen MR) is 395 cm³/mol. The number of para-hydroxylation sites is 1. The molecule has 42 heteroatoms. The number of carbonyl (C=O) groups excluding carboxylic acids is 13. The number of carboxylic acids is 2. The number of carbonyl (C=O) groups is 15. The maximum atomic E-state index is 14.6. The van der Waals surface area contributed by atoms with E-state index in [0.29, 0.717) is 22.9 Å². The number of imidazole rings is 2. The van der Waals surface area contributed by atoms with E-state index >= 15 is 0 Å². The van der Waals surface area contributed by atoms with Crippen LogP contribution < -0.4 is 86.3 Å². The van der Waals surface area contributed by atoms with Crippen molar-refractivity contribution in [3.8, 4) is 0 Å². The Hall–Kier alpha value is -10.9. The summed E-state index contributed by atoms with van der Waals surface area (Å²) in [7, 11) is 0. The van der Waals surface area contributed by atoms with E-state index in [9.17, 15) is 87.2 Å². The van der Waals surface area contributed by atoms with Crippen LogP contribution in [0.25, 0.3) is 10.9 Å². The lowest BCUT2D eigenvalue weighted by atomic mass is 9.98. The van der Waals surface area contributed by atoms with Gasteiger partial charge in [0.2, 0.25) is 76.8 Å². The third-order valence-electron chi connectivity index (χ3n) is 17.0. The molecule has 0 bridgehead atoms. The number of hydrogen-bond acceptors (Lipinski definition) is 22. The van der Waals surface area contributed by atoms with Crippen LogP contribution in [-0.4, -0.2) is 238 Å². The number of nitrogens with zero attached hydrogens (tertiary/aromatic N) is 2. The molecule has 0 radical (unpaired) electrons. The first kappa shape index (κ1) is 89.5. The lowest BCUT2D eigenvalue weighted by molar-refractivity contribution is -0.145. The fourth-order valence-corrected chi connectivity index (χ4v) is 11.2. The number of thiol groups is 2. The highest BCUT2D eigenvalue weighted by molar-refractivity contribution is 7.80. The van der Waals surface area contributed by atoms with Crippen molar-refractivity contribution in [3.63, 3.8) is 0 Å². The number of aromatic amines is 3. The first-order chi connectivity index (χ1) is 51.0. The molecule has 594 valence electrons.